The van der Waals surface area contributed by atoms with Crippen LogP contribution in [0, 0.1) is 20.8 Å². The van der Waals surface area contributed by atoms with Crippen LogP contribution >= 0.6 is 0 Å². The van der Waals surface area contributed by atoms with E-state index in [0.717, 1.165) is 28.1 Å². The fourth-order valence-electron chi connectivity index (χ4n) is 2.72. The molecule has 0 fully saturated rings. The average Bonchev–Trinajstić information content (AvgIpc) is 2.61. The molecule has 0 aliphatic rings. The molecule has 138 valence electrons. The minimum atomic E-state index is -0.264. The van der Waals surface area contributed by atoms with Crippen molar-refractivity contribution in [2.24, 2.45) is 0 Å². The third kappa shape index (κ3) is 5.51. The molecule has 0 atom stereocenters. The molecule has 3 N–H and O–H groups in total. The highest BCUT2D eigenvalue weighted by molar-refractivity contribution is 5.96. The maximum absolute atomic E-state index is 12.1. The van der Waals surface area contributed by atoms with E-state index in [1.807, 2.05) is 51.1 Å². The first-order valence-electron chi connectivity index (χ1n) is 8.41. The molecule has 2 aromatic rings. The van der Waals surface area contributed by atoms with Gasteiger partial charge in [-0.05, 0) is 44.0 Å². The van der Waals surface area contributed by atoms with Crippen LogP contribution in [-0.4, -0.2) is 32.0 Å². The number of carbonyl (C=O) groups is 2. The molecule has 0 aliphatic carbocycles. The van der Waals surface area contributed by atoms with Gasteiger partial charge < -0.3 is 20.7 Å². The molecule has 0 bridgehead atoms. The Balaban J connectivity index is 1.81. The van der Waals surface area contributed by atoms with E-state index in [0.29, 0.717) is 5.75 Å². The molecule has 2 rings (SSSR count). The van der Waals surface area contributed by atoms with Gasteiger partial charge in [0.1, 0.15) is 5.75 Å². The van der Waals surface area contributed by atoms with E-state index in [9.17, 15) is 9.59 Å². The predicted molar refractivity (Wildman–Crippen MR) is 104 cm³/mol. The van der Waals surface area contributed by atoms with Crippen LogP contribution in [0.25, 0.3) is 0 Å². The van der Waals surface area contributed by atoms with E-state index < -0.39 is 0 Å². The van der Waals surface area contributed by atoms with Crippen LogP contribution < -0.4 is 20.7 Å². The average molecular weight is 355 g/mol. The van der Waals surface area contributed by atoms with Gasteiger partial charge in [-0.25, -0.2) is 0 Å². The second-order valence-corrected chi connectivity index (χ2v) is 6.18. The SMILES string of the molecule is COc1cccc(NCC(=O)NCC(=O)Nc2c(C)cc(C)cc2C)c1. The van der Waals surface area contributed by atoms with Crippen molar-refractivity contribution in [3.63, 3.8) is 0 Å². The van der Waals surface area contributed by atoms with Gasteiger partial charge in [-0.3, -0.25) is 9.59 Å². The number of methoxy groups -OCH3 is 1. The lowest BCUT2D eigenvalue weighted by atomic mass is 10.1. The monoisotopic (exact) mass is 355 g/mol. The number of aryl methyl sites for hydroxylation is 3. The number of hydrogen-bond donors (Lipinski definition) is 3. The Bertz CT molecular complexity index is 780. The molecule has 0 spiro atoms. The highest BCUT2D eigenvalue weighted by Gasteiger charge is 2.10. The van der Waals surface area contributed by atoms with Gasteiger partial charge in [0.05, 0.1) is 20.2 Å². The second kappa shape index (κ2) is 8.89. The van der Waals surface area contributed by atoms with E-state index in [2.05, 4.69) is 16.0 Å². The second-order valence-electron chi connectivity index (χ2n) is 6.18. The number of carbonyl (C=O) groups excluding carboxylic acids is 2. The molecule has 0 heterocycles. The highest BCUT2D eigenvalue weighted by atomic mass is 16.5. The van der Waals surface area contributed by atoms with E-state index in [4.69, 9.17) is 4.74 Å². The Morgan fingerprint density at radius 3 is 2.31 bits per heavy atom. The van der Waals surface area contributed by atoms with Crippen LogP contribution in [0.2, 0.25) is 0 Å². The van der Waals surface area contributed by atoms with Crippen LogP contribution in [0.15, 0.2) is 36.4 Å². The Morgan fingerprint density at radius 1 is 0.962 bits per heavy atom. The van der Waals surface area contributed by atoms with E-state index in [1.54, 1.807) is 13.2 Å². The molecule has 0 radical (unpaired) electrons. The van der Waals surface area contributed by atoms with Crippen molar-refractivity contribution in [3.8, 4) is 5.75 Å². The van der Waals surface area contributed by atoms with Crippen molar-refractivity contribution in [3.05, 3.63) is 53.1 Å². The molecule has 2 aromatic carbocycles. The van der Waals surface area contributed by atoms with Gasteiger partial charge in [0, 0.05) is 17.4 Å². The van der Waals surface area contributed by atoms with Crippen LogP contribution in [-0.2, 0) is 9.59 Å². The van der Waals surface area contributed by atoms with Crippen molar-refractivity contribution < 1.29 is 14.3 Å². The minimum absolute atomic E-state index is 0.0725. The number of hydrogen-bond acceptors (Lipinski definition) is 4. The fourth-order valence-corrected chi connectivity index (χ4v) is 2.72. The molecular weight excluding hydrogens is 330 g/mol. The van der Waals surface area contributed by atoms with Crippen LogP contribution in [0.4, 0.5) is 11.4 Å². The normalized spacial score (nSPS) is 10.2. The number of amides is 2. The molecule has 0 saturated heterocycles. The Hall–Kier alpha value is -3.02. The summed E-state index contributed by atoms with van der Waals surface area (Å²) < 4.78 is 5.13. The number of nitrogens with one attached hydrogen (secondary N) is 3. The summed E-state index contributed by atoms with van der Waals surface area (Å²) in [4.78, 5) is 24.0. The smallest absolute Gasteiger partial charge is 0.243 e. The summed E-state index contributed by atoms with van der Waals surface area (Å²) in [7, 11) is 1.59. The zero-order valence-corrected chi connectivity index (χ0v) is 15.6. The van der Waals surface area contributed by atoms with Crippen molar-refractivity contribution in [1.82, 2.24) is 5.32 Å². The van der Waals surface area contributed by atoms with Crippen molar-refractivity contribution in [1.29, 1.82) is 0 Å². The zero-order valence-electron chi connectivity index (χ0n) is 15.6. The third-order valence-corrected chi connectivity index (χ3v) is 3.91. The van der Waals surface area contributed by atoms with Gasteiger partial charge in [-0.2, -0.15) is 0 Å². The summed E-state index contributed by atoms with van der Waals surface area (Å²) in [6.07, 6.45) is 0. The molecule has 6 nitrogen and oxygen atoms in total. The number of ether oxygens (including phenoxy) is 1. The predicted octanol–water partition coefficient (Wildman–Crippen LogP) is 2.79. The molecule has 26 heavy (non-hydrogen) atoms. The summed E-state index contributed by atoms with van der Waals surface area (Å²) in [6, 6.07) is 11.3. The van der Waals surface area contributed by atoms with Crippen molar-refractivity contribution in [2.75, 3.05) is 30.8 Å². The van der Waals surface area contributed by atoms with Gasteiger partial charge in [0.15, 0.2) is 0 Å². The van der Waals surface area contributed by atoms with Crippen molar-refractivity contribution in [2.45, 2.75) is 20.8 Å². The minimum Gasteiger partial charge on any atom is -0.497 e. The van der Waals surface area contributed by atoms with Gasteiger partial charge in [0.25, 0.3) is 0 Å². The van der Waals surface area contributed by atoms with Crippen LogP contribution in [0.3, 0.4) is 0 Å². The topological polar surface area (TPSA) is 79.5 Å². The van der Waals surface area contributed by atoms with Gasteiger partial charge >= 0.3 is 0 Å². The first-order valence-corrected chi connectivity index (χ1v) is 8.41. The molecular formula is C20H25N3O3. The first-order chi connectivity index (χ1) is 12.4. The molecule has 2 amide bonds. The quantitative estimate of drug-likeness (QED) is 0.713. The maximum atomic E-state index is 12.1. The summed E-state index contributed by atoms with van der Waals surface area (Å²) in [5.74, 6) is 0.189. The standard InChI is InChI=1S/C20H25N3O3/c1-13-8-14(2)20(15(3)9-13)23-19(25)12-22-18(24)11-21-16-6-5-7-17(10-16)26-4/h5-10,21H,11-12H2,1-4H3,(H,22,24)(H,23,25). The summed E-state index contributed by atoms with van der Waals surface area (Å²) in [6.45, 7) is 5.91. The Morgan fingerprint density at radius 2 is 1.65 bits per heavy atom. The van der Waals surface area contributed by atoms with Crippen molar-refractivity contribution >= 4 is 23.2 Å². The van der Waals surface area contributed by atoms with Crippen LogP contribution in [0.5, 0.6) is 5.75 Å². The van der Waals surface area contributed by atoms with Gasteiger partial charge in [-0.1, -0.05) is 23.8 Å². The highest BCUT2D eigenvalue weighted by Crippen LogP contribution is 2.21. The lowest BCUT2D eigenvalue weighted by molar-refractivity contribution is -0.122. The van der Waals surface area contributed by atoms with E-state index in [-0.39, 0.29) is 24.9 Å². The number of anilines is 2. The largest absolute Gasteiger partial charge is 0.497 e. The van der Waals surface area contributed by atoms with Crippen LogP contribution in [0.1, 0.15) is 16.7 Å². The Labute approximate surface area is 153 Å². The van der Waals surface area contributed by atoms with Gasteiger partial charge in [-0.15, -0.1) is 0 Å². The summed E-state index contributed by atoms with van der Waals surface area (Å²) in [5, 5.41) is 8.46. The maximum Gasteiger partial charge on any atom is 0.243 e. The molecule has 0 aliphatic heterocycles. The zero-order chi connectivity index (χ0) is 19.1. The first kappa shape index (κ1) is 19.3. The fraction of sp³-hybridized carbons (Fsp3) is 0.300. The van der Waals surface area contributed by atoms with Gasteiger partial charge in [0.2, 0.25) is 11.8 Å². The molecule has 0 aromatic heterocycles. The molecule has 0 saturated carbocycles. The lowest BCUT2D eigenvalue weighted by Gasteiger charge is -2.13. The summed E-state index contributed by atoms with van der Waals surface area (Å²) in [5.41, 5.74) is 4.72. The lowest BCUT2D eigenvalue weighted by Crippen LogP contribution is -2.36. The molecule has 6 heteroatoms. The Kier molecular flexibility index (Phi) is 6.60. The number of benzene rings is 2. The summed E-state index contributed by atoms with van der Waals surface area (Å²) >= 11 is 0. The molecule has 0 unspecified atom stereocenters. The van der Waals surface area contributed by atoms with E-state index in [1.165, 1.54) is 0 Å². The number of rotatable bonds is 7. The third-order valence-electron chi connectivity index (χ3n) is 3.91. The van der Waals surface area contributed by atoms with E-state index >= 15 is 0 Å².